The number of aliphatic hydroxyl groups is 2. The summed E-state index contributed by atoms with van der Waals surface area (Å²) in [6, 6.07) is -0.631. The fourth-order valence-corrected chi connectivity index (χ4v) is 8.50. The van der Waals surface area contributed by atoms with Gasteiger partial charge < -0.3 is 20.3 Å². The van der Waals surface area contributed by atoms with Gasteiger partial charge >= 0.3 is 5.97 Å². The SMILES string of the molecule is CCCCCCCCC/C=C\CCCCCCCC(=O)OCCCCCCCCCCCCC/C=C\CCCCCCCCCC(=O)NC(CO)C(O)/C=C/CCCCCCCCC. The highest BCUT2D eigenvalue weighted by molar-refractivity contribution is 5.76. The first-order valence-corrected chi connectivity index (χ1v) is 28.3. The zero-order valence-electron chi connectivity index (χ0n) is 42.8. The minimum Gasteiger partial charge on any atom is -0.466 e. The van der Waals surface area contributed by atoms with Crippen molar-refractivity contribution in [3.05, 3.63) is 36.5 Å². The van der Waals surface area contributed by atoms with Crippen LogP contribution in [0.1, 0.15) is 296 Å². The van der Waals surface area contributed by atoms with E-state index < -0.39 is 12.1 Å². The summed E-state index contributed by atoms with van der Waals surface area (Å²) in [6.45, 7) is 4.86. The first kappa shape index (κ1) is 62.1. The zero-order chi connectivity index (χ0) is 46.5. The Bertz CT molecular complexity index is 1040. The van der Waals surface area contributed by atoms with E-state index in [0.717, 1.165) is 51.4 Å². The third-order valence-corrected chi connectivity index (χ3v) is 12.9. The largest absolute Gasteiger partial charge is 0.466 e. The molecule has 2 atom stereocenters. The summed E-state index contributed by atoms with van der Waals surface area (Å²) in [6.07, 6.45) is 66.0. The van der Waals surface area contributed by atoms with Crippen molar-refractivity contribution in [2.45, 2.75) is 309 Å². The number of allylic oxidation sites excluding steroid dienone is 5. The monoisotopic (exact) mass is 900 g/mol. The average molecular weight is 901 g/mol. The van der Waals surface area contributed by atoms with Gasteiger partial charge in [-0.1, -0.05) is 237 Å². The second-order valence-electron chi connectivity index (χ2n) is 19.3. The molecule has 6 nitrogen and oxygen atoms in total. The second-order valence-corrected chi connectivity index (χ2v) is 19.3. The minimum atomic E-state index is -0.846. The number of hydrogen-bond acceptors (Lipinski definition) is 5. The normalized spacial score (nSPS) is 12.9. The molecule has 0 spiro atoms. The van der Waals surface area contributed by atoms with E-state index in [0.29, 0.717) is 19.4 Å². The molecule has 1 amide bonds. The lowest BCUT2D eigenvalue weighted by molar-refractivity contribution is -0.143. The third-order valence-electron chi connectivity index (χ3n) is 12.9. The van der Waals surface area contributed by atoms with E-state index in [9.17, 15) is 19.8 Å². The number of carbonyl (C=O) groups excluding carboxylic acids is 2. The van der Waals surface area contributed by atoms with Gasteiger partial charge in [-0.3, -0.25) is 9.59 Å². The number of esters is 1. The second kappa shape index (κ2) is 53.7. The van der Waals surface area contributed by atoms with Gasteiger partial charge in [-0.05, 0) is 83.5 Å². The number of nitrogens with one attached hydrogen (secondary N) is 1. The van der Waals surface area contributed by atoms with Crippen LogP contribution in [0.3, 0.4) is 0 Å². The third kappa shape index (κ3) is 49.5. The first-order valence-electron chi connectivity index (χ1n) is 28.3. The maximum Gasteiger partial charge on any atom is 0.305 e. The summed E-state index contributed by atoms with van der Waals surface area (Å²) < 4.78 is 5.48. The Kier molecular flexibility index (Phi) is 52.1. The lowest BCUT2D eigenvalue weighted by atomic mass is 10.0. The predicted octanol–water partition coefficient (Wildman–Crippen LogP) is 17.2. The van der Waals surface area contributed by atoms with E-state index in [4.69, 9.17) is 4.74 Å². The summed E-state index contributed by atoms with van der Waals surface area (Å²) >= 11 is 0. The van der Waals surface area contributed by atoms with E-state index in [1.807, 2.05) is 6.08 Å². The smallest absolute Gasteiger partial charge is 0.305 e. The molecule has 3 N–H and O–H groups in total. The summed E-state index contributed by atoms with van der Waals surface area (Å²) in [5, 5.41) is 22.9. The molecule has 0 heterocycles. The molecule has 0 bridgehead atoms. The van der Waals surface area contributed by atoms with Gasteiger partial charge in [0.1, 0.15) is 0 Å². The molecule has 0 fully saturated rings. The summed E-state index contributed by atoms with van der Waals surface area (Å²) in [5.41, 5.74) is 0. The van der Waals surface area contributed by atoms with Crippen LogP contribution >= 0.6 is 0 Å². The Hall–Kier alpha value is -1.92. The lowest BCUT2D eigenvalue weighted by Gasteiger charge is -2.20. The number of carbonyl (C=O) groups is 2. The van der Waals surface area contributed by atoms with Crippen molar-refractivity contribution in [2.75, 3.05) is 13.2 Å². The maximum atomic E-state index is 12.4. The van der Waals surface area contributed by atoms with Gasteiger partial charge in [0.2, 0.25) is 5.91 Å². The number of hydrogen-bond donors (Lipinski definition) is 3. The van der Waals surface area contributed by atoms with E-state index in [1.165, 1.54) is 218 Å². The molecule has 0 saturated carbocycles. The molecule has 0 radical (unpaired) electrons. The van der Waals surface area contributed by atoms with Crippen molar-refractivity contribution < 1.29 is 24.5 Å². The van der Waals surface area contributed by atoms with Gasteiger partial charge in [0, 0.05) is 12.8 Å². The number of rotatable bonds is 52. The van der Waals surface area contributed by atoms with E-state index in [-0.39, 0.29) is 18.5 Å². The number of amides is 1. The van der Waals surface area contributed by atoms with Crippen molar-refractivity contribution in [3.63, 3.8) is 0 Å². The molecule has 0 aromatic carbocycles. The molecule has 0 aromatic rings. The van der Waals surface area contributed by atoms with Crippen LogP contribution < -0.4 is 5.32 Å². The molecular weight excluding hydrogens is 791 g/mol. The van der Waals surface area contributed by atoms with Gasteiger partial charge in [0.25, 0.3) is 0 Å². The van der Waals surface area contributed by atoms with Crippen molar-refractivity contribution >= 4 is 11.9 Å². The molecule has 2 unspecified atom stereocenters. The van der Waals surface area contributed by atoms with Crippen LogP contribution in [0.5, 0.6) is 0 Å². The van der Waals surface area contributed by atoms with Gasteiger partial charge in [-0.25, -0.2) is 0 Å². The Morgan fingerprint density at radius 2 is 0.734 bits per heavy atom. The van der Waals surface area contributed by atoms with Crippen molar-refractivity contribution in [1.82, 2.24) is 5.32 Å². The fraction of sp³-hybridized carbons (Fsp3) is 0.862. The molecule has 6 heteroatoms. The van der Waals surface area contributed by atoms with Gasteiger partial charge in [-0.2, -0.15) is 0 Å². The molecule has 0 rings (SSSR count). The number of ether oxygens (including phenoxy) is 1. The van der Waals surface area contributed by atoms with Crippen molar-refractivity contribution in [1.29, 1.82) is 0 Å². The molecule has 0 aliphatic rings. The van der Waals surface area contributed by atoms with E-state index >= 15 is 0 Å². The zero-order valence-corrected chi connectivity index (χ0v) is 42.8. The summed E-state index contributed by atoms with van der Waals surface area (Å²) in [7, 11) is 0. The number of aliphatic hydroxyl groups excluding tert-OH is 2. The quantitative estimate of drug-likeness (QED) is 0.0321. The fourth-order valence-electron chi connectivity index (χ4n) is 8.50. The summed E-state index contributed by atoms with van der Waals surface area (Å²) in [5.74, 6) is -0.0767. The summed E-state index contributed by atoms with van der Waals surface area (Å²) in [4.78, 5) is 24.4. The predicted molar refractivity (Wildman–Crippen MR) is 278 cm³/mol. The highest BCUT2D eigenvalue weighted by atomic mass is 16.5. The Labute approximate surface area is 398 Å². The van der Waals surface area contributed by atoms with Crippen LogP contribution in [-0.2, 0) is 14.3 Å². The standard InChI is InChI=1S/C58H109NO5/c1-3-5-7-9-11-13-14-15-16-26-29-32-36-40-44-48-52-58(63)64-53-49-45-41-37-33-30-27-24-22-20-18-17-19-21-23-25-28-31-35-39-43-47-51-57(62)59-55(54-60)56(61)50-46-42-38-34-12-10-8-6-4-2/h16,19,21,26,46,50,55-56,60-61H,3-15,17-18,20,22-25,27-45,47-49,51-54H2,1-2H3,(H,59,62)/b21-19-,26-16-,50-46+. The Balaban J connectivity index is 3.40. The number of unbranched alkanes of at least 4 members (excludes halogenated alkanes) is 37. The molecule has 0 saturated heterocycles. The topological polar surface area (TPSA) is 95.9 Å². The van der Waals surface area contributed by atoms with Crippen LogP contribution in [0.4, 0.5) is 0 Å². The van der Waals surface area contributed by atoms with Crippen LogP contribution in [0.25, 0.3) is 0 Å². The molecule has 0 aliphatic heterocycles. The highest BCUT2D eigenvalue weighted by Gasteiger charge is 2.18. The highest BCUT2D eigenvalue weighted by Crippen LogP contribution is 2.15. The van der Waals surface area contributed by atoms with Crippen LogP contribution in [0.15, 0.2) is 36.5 Å². The van der Waals surface area contributed by atoms with Crippen molar-refractivity contribution in [3.8, 4) is 0 Å². The van der Waals surface area contributed by atoms with Crippen LogP contribution in [0.2, 0.25) is 0 Å². The lowest BCUT2D eigenvalue weighted by Crippen LogP contribution is -2.45. The molecular formula is C58H109NO5. The van der Waals surface area contributed by atoms with Crippen LogP contribution in [-0.4, -0.2) is 47.4 Å². The average Bonchev–Trinajstić information content (AvgIpc) is 3.29. The van der Waals surface area contributed by atoms with E-state index in [1.54, 1.807) is 6.08 Å². The molecule has 0 aliphatic carbocycles. The minimum absolute atomic E-state index is 0.00145. The first-order chi connectivity index (χ1) is 31.5. The molecule has 64 heavy (non-hydrogen) atoms. The Morgan fingerprint density at radius 1 is 0.422 bits per heavy atom. The van der Waals surface area contributed by atoms with Crippen LogP contribution in [0, 0.1) is 0 Å². The van der Waals surface area contributed by atoms with Gasteiger partial charge in [0.05, 0.1) is 25.4 Å². The van der Waals surface area contributed by atoms with Crippen molar-refractivity contribution in [2.24, 2.45) is 0 Å². The Morgan fingerprint density at radius 3 is 1.11 bits per heavy atom. The van der Waals surface area contributed by atoms with E-state index in [2.05, 4.69) is 43.5 Å². The molecule has 376 valence electrons. The van der Waals surface area contributed by atoms with Gasteiger partial charge in [0.15, 0.2) is 0 Å². The van der Waals surface area contributed by atoms with Gasteiger partial charge in [-0.15, -0.1) is 0 Å². The maximum absolute atomic E-state index is 12.4. The molecule has 0 aromatic heterocycles.